The van der Waals surface area contributed by atoms with Crippen LogP contribution in [0.4, 0.5) is 11.6 Å². The first-order chi connectivity index (χ1) is 10.1. The van der Waals surface area contributed by atoms with E-state index in [1.165, 1.54) is 0 Å². The molecule has 2 rings (SSSR count). The minimum absolute atomic E-state index is 0.0614. The zero-order chi connectivity index (χ0) is 15.2. The van der Waals surface area contributed by atoms with Crippen LogP contribution in [0.25, 0.3) is 0 Å². The summed E-state index contributed by atoms with van der Waals surface area (Å²) < 4.78 is 6.05. The summed E-state index contributed by atoms with van der Waals surface area (Å²) in [6.45, 7) is 1.79. The molecule has 7 heteroatoms. The maximum atomic E-state index is 11.1. The minimum atomic E-state index is 0.0614. The number of ether oxygens (including phenoxy) is 1. The number of hydrogen-bond acceptors (Lipinski definition) is 6. The van der Waals surface area contributed by atoms with Gasteiger partial charge in [-0.1, -0.05) is 0 Å². The van der Waals surface area contributed by atoms with Crippen molar-refractivity contribution < 1.29 is 9.53 Å². The molecule has 1 aromatic heterocycles. The molecule has 0 atom stereocenters. The molecule has 1 aromatic rings. The number of hydrogen-bond donors (Lipinski definition) is 2. The first-order valence-corrected chi connectivity index (χ1v) is 7.93. The van der Waals surface area contributed by atoms with Gasteiger partial charge < -0.3 is 15.4 Å². The number of carbonyl (C=O) groups excluding carboxylic acids is 1. The fourth-order valence-corrected chi connectivity index (χ4v) is 2.72. The fraction of sp³-hybridized carbons (Fsp3) is 0.643. The van der Waals surface area contributed by atoms with Crippen molar-refractivity contribution in [2.24, 2.45) is 0 Å². The number of nitrogens with zero attached hydrogens (tertiary/aromatic N) is 2. The number of ketones is 1. The number of methoxy groups -OCH3 is 1. The van der Waals surface area contributed by atoms with E-state index < -0.39 is 0 Å². The highest BCUT2D eigenvalue weighted by Gasteiger charge is 2.22. The smallest absolute Gasteiger partial charge is 0.170 e. The van der Waals surface area contributed by atoms with Gasteiger partial charge in [-0.15, -0.1) is 0 Å². The highest BCUT2D eigenvalue weighted by Crippen LogP contribution is 2.26. The molecule has 0 amide bonds. The number of Topliss-reactive ketones (excluding diaryl/α,β-unsaturated/α-hetero) is 1. The highest BCUT2D eigenvalue weighted by atomic mass is 79.9. The zero-order valence-corrected chi connectivity index (χ0v) is 13.9. The van der Waals surface area contributed by atoms with Crippen molar-refractivity contribution in [2.75, 3.05) is 24.3 Å². The summed E-state index contributed by atoms with van der Waals surface area (Å²) in [6.07, 6.45) is 6.16. The Balaban J connectivity index is 2.01. The number of halogens is 1. The molecule has 2 N–H and O–H groups in total. The van der Waals surface area contributed by atoms with Gasteiger partial charge in [-0.2, -0.15) is 0 Å². The lowest BCUT2D eigenvalue weighted by Crippen LogP contribution is -2.30. The van der Waals surface area contributed by atoms with Crippen LogP contribution in [0.2, 0.25) is 0 Å². The zero-order valence-electron chi connectivity index (χ0n) is 12.4. The van der Waals surface area contributed by atoms with E-state index in [-0.39, 0.29) is 12.3 Å². The average Bonchev–Trinajstić information content (AvgIpc) is 2.47. The molecule has 0 spiro atoms. The maximum Gasteiger partial charge on any atom is 0.170 e. The van der Waals surface area contributed by atoms with Gasteiger partial charge in [0.1, 0.15) is 10.4 Å². The van der Waals surface area contributed by atoms with Gasteiger partial charge in [0.15, 0.2) is 11.6 Å². The number of nitrogens with one attached hydrogen (secondary N) is 2. The summed E-state index contributed by atoms with van der Waals surface area (Å²) in [5.41, 5.74) is 0. The molecule has 0 aliphatic heterocycles. The van der Waals surface area contributed by atoms with Crippen LogP contribution >= 0.6 is 15.9 Å². The van der Waals surface area contributed by atoms with E-state index in [4.69, 9.17) is 4.74 Å². The highest BCUT2D eigenvalue weighted by molar-refractivity contribution is 9.10. The molecule has 116 valence electrons. The second kappa shape index (κ2) is 7.70. The molecule has 0 bridgehead atoms. The standard InChI is InChI=1S/C14H21BrN4O2/c1-9(20)7-16-13-14(19-12(15)8-17-13)18-10-3-5-11(21-2)6-4-10/h8,10-11H,3-7H2,1-2H3,(H,16,17)(H,18,19)/i7+1,9+1. The lowest BCUT2D eigenvalue weighted by atomic mass is 9.93. The molecule has 0 saturated heterocycles. The molecule has 1 saturated carbocycles. The predicted octanol–water partition coefficient (Wildman–Crippen LogP) is 2.61. The number of rotatable bonds is 6. The van der Waals surface area contributed by atoms with E-state index in [0.29, 0.717) is 28.4 Å². The molecule has 0 unspecified atom stereocenters. The van der Waals surface area contributed by atoms with Crippen LogP contribution in [0.3, 0.4) is 0 Å². The number of carbonyl (C=O) groups is 1. The van der Waals surface area contributed by atoms with Crippen molar-refractivity contribution in [3.8, 4) is 0 Å². The van der Waals surface area contributed by atoms with E-state index in [1.54, 1.807) is 20.2 Å². The first kappa shape index (κ1) is 16.2. The summed E-state index contributed by atoms with van der Waals surface area (Å²) in [4.78, 5) is 19.8. The topological polar surface area (TPSA) is 76.1 Å². The Kier molecular flexibility index (Phi) is 5.93. The Morgan fingerprint density at radius 1 is 1.38 bits per heavy atom. The van der Waals surface area contributed by atoms with Crippen LogP contribution in [-0.4, -0.2) is 41.6 Å². The van der Waals surface area contributed by atoms with Crippen molar-refractivity contribution in [3.63, 3.8) is 0 Å². The van der Waals surface area contributed by atoms with Gasteiger partial charge in [-0.3, -0.25) is 4.79 Å². The molecular formula is C14H21BrN4O2. The Morgan fingerprint density at radius 3 is 2.71 bits per heavy atom. The fourth-order valence-electron chi connectivity index (χ4n) is 2.44. The van der Waals surface area contributed by atoms with Gasteiger partial charge in [-0.25, -0.2) is 9.97 Å². The van der Waals surface area contributed by atoms with Crippen LogP contribution < -0.4 is 10.6 Å². The molecule has 0 radical (unpaired) electrons. The van der Waals surface area contributed by atoms with Crippen LogP contribution in [-0.2, 0) is 9.53 Å². The van der Waals surface area contributed by atoms with Crippen molar-refractivity contribution in [1.82, 2.24) is 9.97 Å². The third-order valence-electron chi connectivity index (χ3n) is 3.60. The van der Waals surface area contributed by atoms with Crippen LogP contribution in [0.15, 0.2) is 10.8 Å². The van der Waals surface area contributed by atoms with E-state index >= 15 is 0 Å². The summed E-state index contributed by atoms with van der Waals surface area (Å²) in [5.74, 6) is 1.36. The van der Waals surface area contributed by atoms with Crippen molar-refractivity contribution in [1.29, 1.82) is 0 Å². The predicted molar refractivity (Wildman–Crippen MR) is 85.6 cm³/mol. The monoisotopic (exact) mass is 358 g/mol. The van der Waals surface area contributed by atoms with Crippen molar-refractivity contribution >= 4 is 33.3 Å². The van der Waals surface area contributed by atoms with Crippen molar-refractivity contribution in [2.45, 2.75) is 44.8 Å². The van der Waals surface area contributed by atoms with E-state index in [9.17, 15) is 4.79 Å². The number of anilines is 2. The SMILES string of the molecule is COC1CCC(Nc2nc(Br)cnc2N[13CH2][13C](C)=O)CC1. The molecule has 1 aliphatic carbocycles. The maximum absolute atomic E-state index is 11.1. The normalized spacial score (nSPS) is 21.9. The molecular weight excluding hydrogens is 338 g/mol. The van der Waals surface area contributed by atoms with Crippen LogP contribution in [0, 0.1) is 0 Å². The van der Waals surface area contributed by atoms with Gasteiger partial charge in [0, 0.05) is 13.2 Å². The van der Waals surface area contributed by atoms with Gasteiger partial charge in [-0.05, 0) is 48.5 Å². The van der Waals surface area contributed by atoms with Gasteiger partial charge in [0.2, 0.25) is 0 Å². The van der Waals surface area contributed by atoms with E-state index in [0.717, 1.165) is 25.7 Å². The Hall–Kier alpha value is -1.21. The second-order valence-corrected chi connectivity index (χ2v) is 6.11. The molecule has 0 aromatic carbocycles. The first-order valence-electron chi connectivity index (χ1n) is 7.13. The summed E-state index contributed by atoms with van der Waals surface area (Å²) in [6, 6.07) is 0.359. The Bertz CT molecular complexity index is 490. The Morgan fingerprint density at radius 2 is 2.10 bits per heavy atom. The summed E-state index contributed by atoms with van der Waals surface area (Å²) >= 11 is 3.33. The summed E-state index contributed by atoms with van der Waals surface area (Å²) in [5, 5.41) is 6.44. The Labute approximate surface area is 133 Å². The average molecular weight is 359 g/mol. The second-order valence-electron chi connectivity index (χ2n) is 5.30. The number of aromatic nitrogens is 2. The minimum Gasteiger partial charge on any atom is -0.381 e. The lowest BCUT2D eigenvalue weighted by Gasteiger charge is -2.29. The molecule has 1 aliphatic rings. The van der Waals surface area contributed by atoms with Crippen LogP contribution in [0.1, 0.15) is 32.6 Å². The third kappa shape index (κ3) is 4.93. The molecule has 21 heavy (non-hydrogen) atoms. The van der Waals surface area contributed by atoms with Crippen LogP contribution in [0.5, 0.6) is 0 Å². The third-order valence-corrected chi connectivity index (χ3v) is 3.98. The van der Waals surface area contributed by atoms with Gasteiger partial charge >= 0.3 is 0 Å². The largest absolute Gasteiger partial charge is 0.381 e. The molecule has 1 fully saturated rings. The molecule has 6 nitrogen and oxygen atoms in total. The van der Waals surface area contributed by atoms with Gasteiger partial charge in [0.05, 0.1) is 18.8 Å². The molecule has 1 heterocycles. The summed E-state index contributed by atoms with van der Waals surface area (Å²) in [7, 11) is 1.77. The van der Waals surface area contributed by atoms with E-state index in [1.807, 2.05) is 0 Å². The lowest BCUT2D eigenvalue weighted by molar-refractivity contribution is -0.115. The van der Waals surface area contributed by atoms with Crippen molar-refractivity contribution in [3.05, 3.63) is 10.8 Å². The quantitative estimate of drug-likeness (QED) is 0.761. The van der Waals surface area contributed by atoms with Gasteiger partial charge in [0.25, 0.3) is 0 Å². The van der Waals surface area contributed by atoms with E-state index in [2.05, 4.69) is 36.5 Å².